The fourth-order valence-electron chi connectivity index (χ4n) is 2.79. The molecule has 0 saturated heterocycles. The molecule has 124 valence electrons. The molecule has 0 atom stereocenters. The van der Waals surface area contributed by atoms with Crippen molar-refractivity contribution in [3.63, 3.8) is 0 Å². The zero-order valence-electron chi connectivity index (χ0n) is 13.0. The summed E-state index contributed by atoms with van der Waals surface area (Å²) in [7, 11) is 0. The number of carbonyl (C=O) groups is 2. The van der Waals surface area contributed by atoms with Crippen LogP contribution in [0.1, 0.15) is 20.7 Å². The second-order valence-corrected chi connectivity index (χ2v) is 5.41. The van der Waals surface area contributed by atoms with E-state index in [1.165, 1.54) is 6.07 Å². The van der Waals surface area contributed by atoms with E-state index in [1.54, 1.807) is 60.7 Å². The smallest absolute Gasteiger partial charge is 0.340 e. The summed E-state index contributed by atoms with van der Waals surface area (Å²) in [5, 5.41) is 29.5. The molecule has 0 spiro atoms. The summed E-state index contributed by atoms with van der Waals surface area (Å²) in [5.74, 6) is -3.53. The molecule has 3 rings (SSSR count). The van der Waals surface area contributed by atoms with Crippen molar-refractivity contribution in [2.75, 3.05) is 0 Å². The SMILES string of the molecule is O=C(O)c1c(-c2ccccc2)cc(-c2ccccc2)c(C(=O)O)c1O. The quantitative estimate of drug-likeness (QED) is 0.667. The van der Waals surface area contributed by atoms with E-state index in [0.717, 1.165) is 0 Å². The highest BCUT2D eigenvalue weighted by Gasteiger charge is 2.27. The van der Waals surface area contributed by atoms with E-state index in [2.05, 4.69) is 0 Å². The van der Waals surface area contributed by atoms with Gasteiger partial charge >= 0.3 is 11.9 Å². The first-order chi connectivity index (χ1) is 12.0. The molecule has 0 aliphatic heterocycles. The third-order valence-corrected chi connectivity index (χ3v) is 3.90. The van der Waals surface area contributed by atoms with Crippen LogP contribution in [0.4, 0.5) is 0 Å². The second-order valence-electron chi connectivity index (χ2n) is 5.41. The first kappa shape index (κ1) is 16.3. The summed E-state index contributed by atoms with van der Waals surface area (Å²) in [6, 6.07) is 18.9. The van der Waals surface area contributed by atoms with Gasteiger partial charge in [0.2, 0.25) is 0 Å². The van der Waals surface area contributed by atoms with Gasteiger partial charge in [0.1, 0.15) is 16.9 Å². The average molecular weight is 334 g/mol. The van der Waals surface area contributed by atoms with E-state index in [1.807, 2.05) is 0 Å². The molecular weight excluding hydrogens is 320 g/mol. The normalized spacial score (nSPS) is 10.4. The molecular formula is C20H14O5. The Hall–Kier alpha value is -3.60. The van der Waals surface area contributed by atoms with Crippen LogP contribution in [0.3, 0.4) is 0 Å². The summed E-state index contributed by atoms with van der Waals surface area (Å²) in [4.78, 5) is 23.4. The lowest BCUT2D eigenvalue weighted by molar-refractivity contribution is 0.0693. The predicted octanol–water partition coefficient (Wildman–Crippen LogP) is 4.12. The third kappa shape index (κ3) is 2.95. The molecule has 0 heterocycles. The van der Waals surface area contributed by atoms with Crippen molar-refractivity contribution in [2.24, 2.45) is 0 Å². The van der Waals surface area contributed by atoms with Crippen molar-refractivity contribution in [2.45, 2.75) is 0 Å². The molecule has 3 aromatic carbocycles. The maximum Gasteiger partial charge on any atom is 0.340 e. The molecule has 0 aliphatic rings. The zero-order valence-corrected chi connectivity index (χ0v) is 13.0. The lowest BCUT2D eigenvalue weighted by Gasteiger charge is -2.15. The maximum absolute atomic E-state index is 11.7. The molecule has 0 aliphatic carbocycles. The number of phenols is 1. The number of hydrogen-bond donors (Lipinski definition) is 3. The molecule has 0 fully saturated rings. The summed E-state index contributed by atoms with van der Waals surface area (Å²) in [5.41, 5.74) is 0.809. The molecule has 5 nitrogen and oxygen atoms in total. The molecule has 0 saturated carbocycles. The van der Waals surface area contributed by atoms with Crippen molar-refractivity contribution >= 4 is 11.9 Å². The molecule has 0 aromatic heterocycles. The van der Waals surface area contributed by atoms with Gasteiger partial charge < -0.3 is 15.3 Å². The Morgan fingerprint density at radius 1 is 0.640 bits per heavy atom. The van der Waals surface area contributed by atoms with E-state index < -0.39 is 28.8 Å². The topological polar surface area (TPSA) is 94.8 Å². The van der Waals surface area contributed by atoms with Gasteiger partial charge in [0, 0.05) is 11.1 Å². The Balaban J connectivity index is 2.42. The van der Waals surface area contributed by atoms with Crippen molar-refractivity contribution in [1.29, 1.82) is 0 Å². The number of rotatable bonds is 4. The highest BCUT2D eigenvalue weighted by molar-refractivity contribution is 6.08. The van der Waals surface area contributed by atoms with Gasteiger partial charge in [-0.2, -0.15) is 0 Å². The van der Waals surface area contributed by atoms with Gasteiger partial charge in [-0.25, -0.2) is 9.59 Å². The van der Waals surface area contributed by atoms with E-state index >= 15 is 0 Å². The van der Waals surface area contributed by atoms with Crippen LogP contribution in [-0.2, 0) is 0 Å². The monoisotopic (exact) mass is 334 g/mol. The first-order valence-corrected chi connectivity index (χ1v) is 7.48. The molecule has 3 aromatic rings. The van der Waals surface area contributed by atoms with E-state index in [4.69, 9.17) is 0 Å². The van der Waals surface area contributed by atoms with Crippen LogP contribution < -0.4 is 0 Å². The molecule has 0 radical (unpaired) electrons. The van der Waals surface area contributed by atoms with Crippen molar-refractivity contribution in [3.05, 3.63) is 77.9 Å². The van der Waals surface area contributed by atoms with Crippen molar-refractivity contribution < 1.29 is 24.9 Å². The molecule has 0 unspecified atom stereocenters. The Morgan fingerprint density at radius 2 is 1.00 bits per heavy atom. The first-order valence-electron chi connectivity index (χ1n) is 7.48. The minimum atomic E-state index is -1.39. The van der Waals surface area contributed by atoms with Gasteiger partial charge in [0.15, 0.2) is 0 Å². The van der Waals surface area contributed by atoms with Crippen LogP contribution >= 0.6 is 0 Å². The highest BCUT2D eigenvalue weighted by atomic mass is 16.4. The van der Waals surface area contributed by atoms with Crippen LogP contribution in [0.15, 0.2) is 66.7 Å². The average Bonchev–Trinajstić information content (AvgIpc) is 2.61. The van der Waals surface area contributed by atoms with Gasteiger partial charge in [-0.1, -0.05) is 60.7 Å². The second kappa shape index (κ2) is 6.49. The van der Waals surface area contributed by atoms with E-state index in [0.29, 0.717) is 11.1 Å². The number of carboxylic acids is 2. The largest absolute Gasteiger partial charge is 0.506 e. The third-order valence-electron chi connectivity index (χ3n) is 3.90. The number of hydrogen-bond acceptors (Lipinski definition) is 3. The standard InChI is InChI=1S/C20H14O5/c21-18-16(19(22)23)14(12-7-3-1-4-8-12)11-15(17(18)20(24)25)13-9-5-2-6-10-13/h1-11,21H,(H,22,23)(H,24,25). The van der Waals surface area contributed by atoms with Crippen molar-refractivity contribution in [1.82, 2.24) is 0 Å². The number of carboxylic acid groups (broad SMARTS) is 2. The van der Waals surface area contributed by atoms with Crippen LogP contribution in [0.25, 0.3) is 22.3 Å². The van der Waals surface area contributed by atoms with Gasteiger partial charge in [-0.05, 0) is 17.2 Å². The minimum Gasteiger partial charge on any atom is -0.506 e. The van der Waals surface area contributed by atoms with Gasteiger partial charge in [-0.3, -0.25) is 0 Å². The Morgan fingerprint density at radius 3 is 1.32 bits per heavy atom. The minimum absolute atomic E-state index is 0.259. The molecule has 3 N–H and O–H groups in total. The molecule has 25 heavy (non-hydrogen) atoms. The summed E-state index contributed by atoms with van der Waals surface area (Å²) in [6.07, 6.45) is 0. The lowest BCUT2D eigenvalue weighted by atomic mass is 9.89. The predicted molar refractivity (Wildman–Crippen MR) is 92.9 cm³/mol. The van der Waals surface area contributed by atoms with E-state index in [-0.39, 0.29) is 11.1 Å². The van der Waals surface area contributed by atoms with Crippen LogP contribution in [0.5, 0.6) is 5.75 Å². The highest BCUT2D eigenvalue weighted by Crippen LogP contribution is 2.39. The lowest BCUT2D eigenvalue weighted by Crippen LogP contribution is -2.08. The Kier molecular flexibility index (Phi) is 4.22. The maximum atomic E-state index is 11.7. The van der Waals surface area contributed by atoms with Crippen LogP contribution in [0.2, 0.25) is 0 Å². The van der Waals surface area contributed by atoms with Crippen LogP contribution in [-0.4, -0.2) is 27.3 Å². The summed E-state index contributed by atoms with van der Waals surface area (Å²) < 4.78 is 0. The summed E-state index contributed by atoms with van der Waals surface area (Å²) >= 11 is 0. The fraction of sp³-hybridized carbons (Fsp3) is 0. The van der Waals surface area contributed by atoms with Crippen molar-refractivity contribution in [3.8, 4) is 28.0 Å². The fourth-order valence-corrected chi connectivity index (χ4v) is 2.79. The Bertz CT molecular complexity index is 871. The zero-order chi connectivity index (χ0) is 18.0. The number of benzene rings is 3. The van der Waals surface area contributed by atoms with Gasteiger partial charge in [0.05, 0.1) is 0 Å². The molecule has 0 bridgehead atoms. The van der Waals surface area contributed by atoms with Crippen LogP contribution in [0, 0.1) is 0 Å². The number of aromatic hydroxyl groups is 1. The van der Waals surface area contributed by atoms with Gasteiger partial charge in [-0.15, -0.1) is 0 Å². The molecule has 5 heteroatoms. The molecule has 0 amide bonds. The Labute approximate surface area is 143 Å². The number of aromatic carboxylic acids is 2. The summed E-state index contributed by atoms with van der Waals surface area (Å²) in [6.45, 7) is 0. The van der Waals surface area contributed by atoms with E-state index in [9.17, 15) is 24.9 Å². The van der Waals surface area contributed by atoms with Gasteiger partial charge in [0.25, 0.3) is 0 Å².